The third kappa shape index (κ3) is 5.19. The molecule has 0 bridgehead atoms. The van der Waals surface area contributed by atoms with Crippen LogP contribution in [0.1, 0.15) is 25.8 Å². The van der Waals surface area contributed by atoms with E-state index in [4.69, 9.17) is 11.6 Å². The van der Waals surface area contributed by atoms with Gasteiger partial charge in [-0.3, -0.25) is 0 Å². The Bertz CT molecular complexity index is 558. The summed E-state index contributed by atoms with van der Waals surface area (Å²) in [6.07, 6.45) is 3.54. The number of nitrogens with zero attached hydrogens (tertiary/aromatic N) is 3. The summed E-state index contributed by atoms with van der Waals surface area (Å²) in [6.45, 7) is 4.98. The van der Waals surface area contributed by atoms with Crippen molar-refractivity contribution in [2.45, 2.75) is 32.7 Å². The molecule has 5 nitrogen and oxygen atoms in total. The Morgan fingerprint density at radius 3 is 2.71 bits per heavy atom. The first-order chi connectivity index (χ1) is 10.2. The maximum absolute atomic E-state index is 5.86. The van der Waals surface area contributed by atoms with Crippen LogP contribution in [-0.4, -0.2) is 27.8 Å². The van der Waals surface area contributed by atoms with Crippen LogP contribution in [0.25, 0.3) is 0 Å². The van der Waals surface area contributed by atoms with Crippen molar-refractivity contribution in [1.82, 2.24) is 15.2 Å². The predicted octanol–water partition coefficient (Wildman–Crippen LogP) is 3.39. The number of anilines is 2. The molecule has 0 aliphatic heterocycles. The minimum absolute atomic E-state index is 0.330. The minimum atomic E-state index is 0.330. The van der Waals surface area contributed by atoms with Gasteiger partial charge in [0, 0.05) is 17.6 Å². The topological polar surface area (TPSA) is 62.7 Å². The SMILES string of the molecule is CCC(C)Nc1nncc(NCCc2ccc(Cl)cc2)n1. The van der Waals surface area contributed by atoms with Gasteiger partial charge in [-0.15, -0.1) is 5.10 Å². The molecular formula is C15H20ClN5. The summed E-state index contributed by atoms with van der Waals surface area (Å²) in [5, 5.41) is 15.1. The molecule has 1 atom stereocenters. The van der Waals surface area contributed by atoms with E-state index in [2.05, 4.69) is 39.7 Å². The summed E-state index contributed by atoms with van der Waals surface area (Å²) in [4.78, 5) is 4.39. The third-order valence-corrected chi connectivity index (χ3v) is 3.43. The van der Waals surface area contributed by atoms with Gasteiger partial charge in [0.15, 0.2) is 5.82 Å². The standard InChI is InChI=1S/C15H20ClN5/c1-3-11(2)19-15-20-14(10-18-21-15)17-9-8-12-4-6-13(16)7-5-12/h4-7,10-11H,3,8-9H2,1-2H3,(H2,17,19,20,21). The first kappa shape index (κ1) is 15.5. The van der Waals surface area contributed by atoms with E-state index < -0.39 is 0 Å². The van der Waals surface area contributed by atoms with Gasteiger partial charge in [0.25, 0.3) is 0 Å². The molecule has 0 saturated carbocycles. The molecule has 2 aromatic rings. The molecular weight excluding hydrogens is 286 g/mol. The van der Waals surface area contributed by atoms with Gasteiger partial charge in [0.05, 0.1) is 6.20 Å². The fourth-order valence-corrected chi connectivity index (χ4v) is 1.88. The summed E-state index contributed by atoms with van der Waals surface area (Å²) in [6, 6.07) is 8.18. The first-order valence-corrected chi connectivity index (χ1v) is 7.49. The first-order valence-electron chi connectivity index (χ1n) is 7.12. The molecule has 1 unspecified atom stereocenters. The van der Waals surface area contributed by atoms with Crippen molar-refractivity contribution in [3.05, 3.63) is 41.0 Å². The summed E-state index contributed by atoms with van der Waals surface area (Å²) in [5.41, 5.74) is 1.23. The van der Waals surface area contributed by atoms with E-state index in [0.717, 1.165) is 30.2 Å². The lowest BCUT2D eigenvalue weighted by atomic mass is 10.1. The molecule has 0 aliphatic rings. The monoisotopic (exact) mass is 305 g/mol. The van der Waals surface area contributed by atoms with E-state index in [1.54, 1.807) is 6.20 Å². The summed E-state index contributed by atoms with van der Waals surface area (Å²) in [7, 11) is 0. The highest BCUT2D eigenvalue weighted by Crippen LogP contribution is 2.10. The zero-order valence-corrected chi connectivity index (χ0v) is 13.1. The summed E-state index contributed by atoms with van der Waals surface area (Å²) >= 11 is 5.86. The van der Waals surface area contributed by atoms with Crippen LogP contribution in [0.15, 0.2) is 30.5 Å². The summed E-state index contributed by atoms with van der Waals surface area (Å²) < 4.78 is 0. The zero-order chi connectivity index (χ0) is 15.1. The number of rotatable bonds is 7. The Morgan fingerprint density at radius 1 is 1.24 bits per heavy atom. The van der Waals surface area contributed by atoms with Crippen molar-refractivity contribution in [1.29, 1.82) is 0 Å². The highest BCUT2D eigenvalue weighted by Gasteiger charge is 2.03. The maximum Gasteiger partial charge on any atom is 0.244 e. The molecule has 0 radical (unpaired) electrons. The highest BCUT2D eigenvalue weighted by molar-refractivity contribution is 6.30. The lowest BCUT2D eigenvalue weighted by molar-refractivity contribution is 0.746. The third-order valence-electron chi connectivity index (χ3n) is 3.18. The number of hydrogen-bond acceptors (Lipinski definition) is 5. The smallest absolute Gasteiger partial charge is 0.244 e. The van der Waals surface area contributed by atoms with Gasteiger partial charge in [-0.05, 0) is 37.5 Å². The molecule has 2 N–H and O–H groups in total. The molecule has 0 spiro atoms. The molecule has 6 heteroatoms. The number of benzene rings is 1. The Labute approximate surface area is 130 Å². The molecule has 0 amide bonds. The fraction of sp³-hybridized carbons (Fsp3) is 0.400. The molecule has 0 fully saturated rings. The van der Waals surface area contributed by atoms with Crippen molar-refractivity contribution in [3.8, 4) is 0 Å². The Kier molecular flexibility index (Phi) is 5.75. The molecule has 1 aromatic heterocycles. The fourth-order valence-electron chi connectivity index (χ4n) is 1.76. The van der Waals surface area contributed by atoms with Crippen LogP contribution in [-0.2, 0) is 6.42 Å². The molecule has 21 heavy (non-hydrogen) atoms. The highest BCUT2D eigenvalue weighted by atomic mass is 35.5. The van der Waals surface area contributed by atoms with Gasteiger partial charge in [-0.25, -0.2) is 0 Å². The molecule has 1 aromatic carbocycles. The van der Waals surface area contributed by atoms with Gasteiger partial charge in [-0.1, -0.05) is 30.7 Å². The van der Waals surface area contributed by atoms with Crippen LogP contribution >= 0.6 is 11.6 Å². The molecule has 0 saturated heterocycles. The Balaban J connectivity index is 1.85. The average molecular weight is 306 g/mol. The van der Waals surface area contributed by atoms with E-state index >= 15 is 0 Å². The van der Waals surface area contributed by atoms with Crippen LogP contribution in [0.2, 0.25) is 5.02 Å². The van der Waals surface area contributed by atoms with Gasteiger partial charge >= 0.3 is 0 Å². The van der Waals surface area contributed by atoms with Crippen molar-refractivity contribution in [2.24, 2.45) is 0 Å². The van der Waals surface area contributed by atoms with Crippen LogP contribution in [0.4, 0.5) is 11.8 Å². The lowest BCUT2D eigenvalue weighted by Crippen LogP contribution is -2.17. The number of nitrogens with one attached hydrogen (secondary N) is 2. The molecule has 1 heterocycles. The van der Waals surface area contributed by atoms with Gasteiger partial charge in [-0.2, -0.15) is 10.1 Å². The largest absolute Gasteiger partial charge is 0.368 e. The molecule has 112 valence electrons. The predicted molar refractivity (Wildman–Crippen MR) is 86.8 cm³/mol. The van der Waals surface area contributed by atoms with Crippen molar-refractivity contribution in [3.63, 3.8) is 0 Å². The zero-order valence-electron chi connectivity index (χ0n) is 12.3. The molecule has 2 rings (SSSR count). The van der Waals surface area contributed by atoms with Crippen molar-refractivity contribution >= 4 is 23.4 Å². The summed E-state index contributed by atoms with van der Waals surface area (Å²) in [5.74, 6) is 1.28. The molecule has 0 aliphatic carbocycles. The van der Waals surface area contributed by atoms with Crippen LogP contribution in [0, 0.1) is 0 Å². The second-order valence-electron chi connectivity index (χ2n) is 4.92. The minimum Gasteiger partial charge on any atom is -0.368 e. The van der Waals surface area contributed by atoms with E-state index in [1.165, 1.54) is 5.56 Å². The number of halogens is 1. The van der Waals surface area contributed by atoms with E-state index in [0.29, 0.717) is 12.0 Å². The Morgan fingerprint density at radius 2 is 2.00 bits per heavy atom. The van der Waals surface area contributed by atoms with Crippen LogP contribution in [0.5, 0.6) is 0 Å². The Hall–Kier alpha value is -1.88. The second kappa shape index (κ2) is 7.78. The maximum atomic E-state index is 5.86. The van der Waals surface area contributed by atoms with E-state index in [9.17, 15) is 0 Å². The van der Waals surface area contributed by atoms with E-state index in [-0.39, 0.29) is 0 Å². The van der Waals surface area contributed by atoms with Crippen LogP contribution < -0.4 is 10.6 Å². The second-order valence-corrected chi connectivity index (χ2v) is 5.36. The van der Waals surface area contributed by atoms with Gasteiger partial charge in [0.2, 0.25) is 5.95 Å². The number of aromatic nitrogens is 3. The lowest BCUT2D eigenvalue weighted by Gasteiger charge is -2.11. The van der Waals surface area contributed by atoms with Crippen molar-refractivity contribution in [2.75, 3.05) is 17.2 Å². The average Bonchev–Trinajstić information content (AvgIpc) is 2.49. The van der Waals surface area contributed by atoms with Crippen molar-refractivity contribution < 1.29 is 0 Å². The van der Waals surface area contributed by atoms with Gasteiger partial charge in [0.1, 0.15) is 0 Å². The van der Waals surface area contributed by atoms with Gasteiger partial charge < -0.3 is 10.6 Å². The van der Waals surface area contributed by atoms with E-state index in [1.807, 2.05) is 24.3 Å². The number of hydrogen-bond donors (Lipinski definition) is 2. The normalized spacial score (nSPS) is 12.0. The quantitative estimate of drug-likeness (QED) is 0.821. The van der Waals surface area contributed by atoms with Crippen LogP contribution in [0.3, 0.4) is 0 Å².